The van der Waals surface area contributed by atoms with Crippen molar-refractivity contribution in [2.75, 3.05) is 13.1 Å². The van der Waals surface area contributed by atoms with Crippen molar-refractivity contribution in [2.45, 2.75) is 18.9 Å². The molecule has 1 fully saturated rings. The number of amides is 3. The minimum Gasteiger partial charge on any atom is -0.324 e. The Hall–Kier alpha value is -2.21. The summed E-state index contributed by atoms with van der Waals surface area (Å²) in [5, 5.41) is 2.16. The van der Waals surface area contributed by atoms with E-state index < -0.39 is 11.8 Å². The summed E-state index contributed by atoms with van der Waals surface area (Å²) in [6.45, 7) is -0.129. The molecule has 2 rings (SSSR count). The predicted octanol–water partition coefficient (Wildman–Crippen LogP) is -0.0484. The molecule has 6 nitrogen and oxygen atoms in total. The Morgan fingerprint density at radius 2 is 1.80 bits per heavy atom. The van der Waals surface area contributed by atoms with E-state index in [0.29, 0.717) is 6.42 Å². The normalized spacial score (nSPS) is 16.8. The van der Waals surface area contributed by atoms with Crippen molar-refractivity contribution >= 4 is 17.7 Å². The molecule has 1 aliphatic heterocycles. The zero-order valence-corrected chi connectivity index (χ0v) is 11.0. The fraction of sp³-hybridized carbons (Fsp3) is 0.357. The molecule has 1 heterocycles. The molecule has 1 aromatic rings. The molecule has 1 saturated heterocycles. The van der Waals surface area contributed by atoms with Gasteiger partial charge in [-0.2, -0.15) is 0 Å². The SMILES string of the molecule is NC(CCC(=O)N1CC(=O)NC(=O)C1)c1ccccc1. The number of nitrogens with one attached hydrogen (secondary N) is 1. The van der Waals surface area contributed by atoms with E-state index in [1.165, 1.54) is 4.90 Å². The van der Waals surface area contributed by atoms with Gasteiger partial charge in [0.15, 0.2) is 0 Å². The second-order valence-corrected chi connectivity index (χ2v) is 4.78. The van der Waals surface area contributed by atoms with Gasteiger partial charge in [0.2, 0.25) is 17.7 Å². The van der Waals surface area contributed by atoms with Crippen LogP contribution in [0.15, 0.2) is 30.3 Å². The van der Waals surface area contributed by atoms with Crippen LogP contribution in [0.1, 0.15) is 24.4 Å². The number of imide groups is 1. The van der Waals surface area contributed by atoms with E-state index in [2.05, 4.69) is 5.32 Å². The lowest BCUT2D eigenvalue weighted by molar-refractivity contribution is -0.145. The number of carbonyl (C=O) groups is 3. The molecule has 1 aliphatic rings. The van der Waals surface area contributed by atoms with Crippen molar-refractivity contribution < 1.29 is 14.4 Å². The second-order valence-electron chi connectivity index (χ2n) is 4.78. The van der Waals surface area contributed by atoms with E-state index in [9.17, 15) is 14.4 Å². The molecule has 0 radical (unpaired) electrons. The quantitative estimate of drug-likeness (QED) is 0.754. The van der Waals surface area contributed by atoms with Gasteiger partial charge in [-0.1, -0.05) is 30.3 Å². The van der Waals surface area contributed by atoms with E-state index >= 15 is 0 Å². The lowest BCUT2D eigenvalue weighted by Crippen LogP contribution is -2.53. The molecule has 1 aromatic carbocycles. The number of nitrogens with zero attached hydrogens (tertiary/aromatic N) is 1. The smallest absolute Gasteiger partial charge is 0.246 e. The maximum Gasteiger partial charge on any atom is 0.246 e. The van der Waals surface area contributed by atoms with Gasteiger partial charge < -0.3 is 10.6 Å². The first-order chi connectivity index (χ1) is 9.56. The van der Waals surface area contributed by atoms with Gasteiger partial charge in [0, 0.05) is 12.5 Å². The molecular weight excluding hydrogens is 258 g/mol. The Bertz CT molecular complexity index is 500. The molecule has 106 valence electrons. The predicted molar refractivity (Wildman–Crippen MR) is 72.3 cm³/mol. The number of hydrogen-bond donors (Lipinski definition) is 2. The highest BCUT2D eigenvalue weighted by molar-refractivity contribution is 6.02. The zero-order chi connectivity index (χ0) is 14.5. The Kier molecular flexibility index (Phi) is 4.47. The van der Waals surface area contributed by atoms with Crippen LogP contribution in [0, 0.1) is 0 Å². The summed E-state index contributed by atoms with van der Waals surface area (Å²) < 4.78 is 0. The summed E-state index contributed by atoms with van der Waals surface area (Å²) >= 11 is 0. The molecule has 0 aromatic heterocycles. The molecule has 20 heavy (non-hydrogen) atoms. The molecule has 1 unspecified atom stereocenters. The van der Waals surface area contributed by atoms with E-state index in [1.807, 2.05) is 30.3 Å². The average molecular weight is 275 g/mol. The largest absolute Gasteiger partial charge is 0.324 e. The van der Waals surface area contributed by atoms with Crippen molar-refractivity contribution in [3.8, 4) is 0 Å². The summed E-state index contributed by atoms with van der Waals surface area (Å²) in [5.74, 6) is -1.11. The molecule has 0 bridgehead atoms. The highest BCUT2D eigenvalue weighted by Gasteiger charge is 2.26. The van der Waals surface area contributed by atoms with Crippen molar-refractivity contribution in [3.05, 3.63) is 35.9 Å². The molecule has 0 aliphatic carbocycles. The van der Waals surface area contributed by atoms with Crippen LogP contribution < -0.4 is 11.1 Å². The lowest BCUT2D eigenvalue weighted by Gasteiger charge is -2.25. The average Bonchev–Trinajstić information content (AvgIpc) is 2.44. The van der Waals surface area contributed by atoms with E-state index in [-0.39, 0.29) is 31.5 Å². The van der Waals surface area contributed by atoms with E-state index in [1.54, 1.807) is 0 Å². The maximum atomic E-state index is 12.0. The van der Waals surface area contributed by atoms with Crippen LogP contribution in [0.25, 0.3) is 0 Å². The molecule has 3 N–H and O–H groups in total. The Labute approximate surface area is 116 Å². The Morgan fingerprint density at radius 1 is 1.20 bits per heavy atom. The monoisotopic (exact) mass is 275 g/mol. The van der Waals surface area contributed by atoms with Crippen LogP contribution in [0.2, 0.25) is 0 Å². The van der Waals surface area contributed by atoms with Crippen LogP contribution in [-0.2, 0) is 14.4 Å². The Balaban J connectivity index is 1.86. The zero-order valence-electron chi connectivity index (χ0n) is 11.0. The molecule has 6 heteroatoms. The van der Waals surface area contributed by atoms with Crippen molar-refractivity contribution in [3.63, 3.8) is 0 Å². The van der Waals surface area contributed by atoms with Crippen molar-refractivity contribution in [2.24, 2.45) is 5.73 Å². The summed E-state index contributed by atoms with van der Waals surface area (Å²) in [5.41, 5.74) is 6.98. The lowest BCUT2D eigenvalue weighted by atomic mass is 10.0. The third-order valence-electron chi connectivity index (χ3n) is 3.20. The second kappa shape index (κ2) is 6.29. The number of piperazine rings is 1. The molecule has 0 saturated carbocycles. The first-order valence-electron chi connectivity index (χ1n) is 6.47. The number of benzene rings is 1. The maximum absolute atomic E-state index is 12.0. The highest BCUT2D eigenvalue weighted by atomic mass is 16.2. The Morgan fingerprint density at radius 3 is 2.40 bits per heavy atom. The van der Waals surface area contributed by atoms with E-state index in [4.69, 9.17) is 5.73 Å². The standard InChI is InChI=1S/C14H17N3O3/c15-11(10-4-2-1-3-5-10)6-7-14(20)17-8-12(18)16-13(19)9-17/h1-5,11H,6-9,15H2,(H,16,18,19). The van der Waals surface area contributed by atoms with E-state index in [0.717, 1.165) is 5.56 Å². The van der Waals surface area contributed by atoms with Crippen LogP contribution in [0.3, 0.4) is 0 Å². The van der Waals surface area contributed by atoms with Crippen molar-refractivity contribution in [1.82, 2.24) is 10.2 Å². The van der Waals surface area contributed by atoms with Gasteiger partial charge in [0.25, 0.3) is 0 Å². The van der Waals surface area contributed by atoms with Gasteiger partial charge in [-0.15, -0.1) is 0 Å². The fourth-order valence-corrected chi connectivity index (χ4v) is 2.12. The van der Waals surface area contributed by atoms with Gasteiger partial charge in [-0.05, 0) is 12.0 Å². The van der Waals surface area contributed by atoms with Crippen LogP contribution >= 0.6 is 0 Å². The number of carbonyl (C=O) groups excluding carboxylic acids is 3. The molecular formula is C14H17N3O3. The minimum absolute atomic E-state index is 0.0643. The first kappa shape index (κ1) is 14.2. The summed E-state index contributed by atoms with van der Waals surface area (Å²) in [6.07, 6.45) is 0.700. The van der Waals surface area contributed by atoms with Crippen molar-refractivity contribution in [1.29, 1.82) is 0 Å². The number of rotatable bonds is 4. The third-order valence-corrected chi connectivity index (χ3v) is 3.20. The highest BCUT2D eigenvalue weighted by Crippen LogP contribution is 2.16. The summed E-state index contributed by atoms with van der Waals surface area (Å²) in [6, 6.07) is 9.28. The van der Waals surface area contributed by atoms with Crippen LogP contribution in [0.5, 0.6) is 0 Å². The van der Waals surface area contributed by atoms with Crippen LogP contribution in [0.4, 0.5) is 0 Å². The molecule has 1 atom stereocenters. The van der Waals surface area contributed by atoms with Gasteiger partial charge in [0.05, 0.1) is 0 Å². The number of hydrogen-bond acceptors (Lipinski definition) is 4. The third kappa shape index (κ3) is 3.64. The minimum atomic E-state index is -0.443. The summed E-state index contributed by atoms with van der Waals surface area (Å²) in [7, 11) is 0. The topological polar surface area (TPSA) is 92.5 Å². The first-order valence-corrected chi connectivity index (χ1v) is 6.47. The van der Waals surface area contributed by atoms with Gasteiger partial charge in [0.1, 0.15) is 13.1 Å². The number of nitrogens with two attached hydrogens (primary N) is 1. The van der Waals surface area contributed by atoms with Gasteiger partial charge in [-0.3, -0.25) is 19.7 Å². The molecule has 0 spiro atoms. The molecule has 3 amide bonds. The van der Waals surface area contributed by atoms with Gasteiger partial charge >= 0.3 is 0 Å². The fourth-order valence-electron chi connectivity index (χ4n) is 2.12. The van der Waals surface area contributed by atoms with Crippen LogP contribution in [-0.4, -0.2) is 35.7 Å². The van der Waals surface area contributed by atoms with Gasteiger partial charge in [-0.25, -0.2) is 0 Å². The summed E-state index contributed by atoms with van der Waals surface area (Å²) in [4.78, 5) is 35.6.